The van der Waals surface area contributed by atoms with Gasteiger partial charge in [-0.15, -0.1) is 0 Å². The van der Waals surface area contributed by atoms with Gasteiger partial charge in [-0.05, 0) is 33.3 Å². The van der Waals surface area contributed by atoms with Crippen LogP contribution in [0.4, 0.5) is 13.6 Å². The fourth-order valence-electron chi connectivity index (χ4n) is 3.75. The minimum atomic E-state index is -1.18. The van der Waals surface area contributed by atoms with Crippen LogP contribution in [0.2, 0.25) is 0 Å². The number of halogens is 2. The number of carboxylic acid groups (broad SMARTS) is 1. The molecule has 1 fully saturated rings. The average Bonchev–Trinajstić information content (AvgIpc) is 2.59. The summed E-state index contributed by atoms with van der Waals surface area (Å²) in [6.45, 7) is 5.07. The predicted molar refractivity (Wildman–Crippen MR) is 102 cm³/mol. The molecule has 1 aromatic rings. The second kappa shape index (κ2) is 7.61. The molecule has 1 aromatic carbocycles. The number of thioether (sulfide) groups is 1. The van der Waals surface area contributed by atoms with Crippen LogP contribution < -0.4 is 0 Å². The summed E-state index contributed by atoms with van der Waals surface area (Å²) in [6, 6.07) is 3.31. The Morgan fingerprint density at radius 2 is 2.14 bits per heavy atom. The number of ether oxygens (including phenoxy) is 1. The van der Waals surface area contributed by atoms with E-state index in [1.165, 1.54) is 17.8 Å². The molecule has 3 rings (SSSR count). The molecule has 1 amide bonds. The molecular formula is C19H24F2N2O4S. The van der Waals surface area contributed by atoms with E-state index in [2.05, 4.69) is 0 Å². The van der Waals surface area contributed by atoms with Gasteiger partial charge in [-0.3, -0.25) is 4.90 Å². The van der Waals surface area contributed by atoms with E-state index in [-0.39, 0.29) is 29.9 Å². The Labute approximate surface area is 166 Å². The molecule has 0 unspecified atom stereocenters. The molecule has 2 heterocycles. The second-order valence-corrected chi connectivity index (χ2v) is 9.08. The Morgan fingerprint density at radius 1 is 1.43 bits per heavy atom. The first-order chi connectivity index (χ1) is 13.1. The first kappa shape index (κ1) is 21.0. The molecule has 2 aliphatic heterocycles. The number of amidine groups is 1. The molecule has 0 saturated carbocycles. The van der Waals surface area contributed by atoms with Gasteiger partial charge >= 0.3 is 6.09 Å². The first-order valence-electron chi connectivity index (χ1n) is 9.02. The van der Waals surface area contributed by atoms with Gasteiger partial charge in [0.1, 0.15) is 17.2 Å². The zero-order valence-electron chi connectivity index (χ0n) is 16.0. The van der Waals surface area contributed by atoms with Gasteiger partial charge in [0.2, 0.25) is 0 Å². The normalized spacial score (nSPS) is 27.7. The summed E-state index contributed by atoms with van der Waals surface area (Å²) in [5.74, 6) is -1.16. The van der Waals surface area contributed by atoms with Crippen LogP contribution in [0, 0.1) is 17.6 Å². The van der Waals surface area contributed by atoms with E-state index in [1.807, 2.05) is 0 Å². The van der Waals surface area contributed by atoms with Gasteiger partial charge in [0.15, 0.2) is 5.17 Å². The lowest BCUT2D eigenvalue weighted by atomic mass is 9.75. The summed E-state index contributed by atoms with van der Waals surface area (Å²) in [7, 11) is 0. The van der Waals surface area contributed by atoms with Crippen LogP contribution in [0.5, 0.6) is 0 Å². The van der Waals surface area contributed by atoms with Crippen LogP contribution in [0.1, 0.15) is 32.8 Å². The molecule has 28 heavy (non-hydrogen) atoms. The van der Waals surface area contributed by atoms with Crippen LogP contribution in [0.25, 0.3) is 0 Å². The monoisotopic (exact) mass is 414 g/mol. The van der Waals surface area contributed by atoms with Crippen molar-refractivity contribution in [3.8, 4) is 0 Å². The van der Waals surface area contributed by atoms with Gasteiger partial charge in [-0.25, -0.2) is 18.6 Å². The number of fused-ring (bicyclic) bond motifs is 1. The highest BCUT2D eigenvalue weighted by molar-refractivity contribution is 8.13. The van der Waals surface area contributed by atoms with Crippen molar-refractivity contribution in [3.05, 3.63) is 35.4 Å². The Morgan fingerprint density at radius 3 is 2.71 bits per heavy atom. The van der Waals surface area contributed by atoms with Gasteiger partial charge in [0.05, 0.1) is 19.3 Å². The number of carbonyl (C=O) groups is 1. The van der Waals surface area contributed by atoms with E-state index >= 15 is 0 Å². The number of aliphatic imine (C=N–C) groups is 1. The van der Waals surface area contributed by atoms with Crippen LogP contribution in [-0.4, -0.2) is 57.0 Å². The lowest BCUT2D eigenvalue weighted by Crippen LogP contribution is -2.55. The molecule has 2 aliphatic rings. The summed E-state index contributed by atoms with van der Waals surface area (Å²) >= 11 is 1.29. The van der Waals surface area contributed by atoms with Gasteiger partial charge in [-0.2, -0.15) is 0 Å². The highest BCUT2D eigenvalue weighted by Crippen LogP contribution is 2.48. The maximum absolute atomic E-state index is 14.7. The third-order valence-corrected chi connectivity index (χ3v) is 6.23. The summed E-state index contributed by atoms with van der Waals surface area (Å²) in [5.41, 5.74) is -1.76. The number of rotatable bonds is 2. The Bertz CT molecular complexity index is 799. The smallest absolute Gasteiger partial charge is 0.413 e. The predicted octanol–water partition coefficient (Wildman–Crippen LogP) is 3.44. The Hall–Kier alpha value is -1.71. The first-order valence-corrected chi connectivity index (χ1v) is 10.0. The standard InChI is InChI=1S/C19H24F2N2O4S/c1-18(2,3)23(17(25)26)16-22-19(14-5-4-12(20)7-15(14)21)10-27-13(8-24)6-11(19)9-28-16/h4-5,7,11,13,24H,6,8-10H2,1-3H3,(H,25,26)/t11-,13+,19-/m0/s1. The molecule has 0 bridgehead atoms. The molecule has 2 N–H and O–H groups in total. The van der Waals surface area contributed by atoms with Gasteiger partial charge in [0, 0.05) is 28.8 Å². The van der Waals surface area contributed by atoms with Crippen LogP contribution in [-0.2, 0) is 10.3 Å². The van der Waals surface area contributed by atoms with Crippen LogP contribution in [0.3, 0.4) is 0 Å². The maximum Gasteiger partial charge on any atom is 0.413 e. The number of hydrogen-bond donors (Lipinski definition) is 2. The third-order valence-electron chi connectivity index (χ3n) is 5.13. The number of aliphatic hydroxyl groups is 1. The average molecular weight is 414 g/mol. The van der Waals surface area contributed by atoms with Crippen molar-refractivity contribution in [2.45, 2.75) is 44.4 Å². The van der Waals surface area contributed by atoms with Crippen molar-refractivity contribution >= 4 is 23.0 Å². The molecule has 3 atom stereocenters. The molecule has 9 heteroatoms. The lowest BCUT2D eigenvalue weighted by molar-refractivity contribution is -0.0774. The molecule has 0 aromatic heterocycles. The summed E-state index contributed by atoms with van der Waals surface area (Å²) in [4.78, 5) is 17.8. The number of amides is 1. The van der Waals surface area contributed by atoms with Gasteiger partial charge < -0.3 is 14.9 Å². The minimum Gasteiger partial charge on any atom is -0.465 e. The summed E-state index contributed by atoms with van der Waals surface area (Å²) in [6.07, 6.45) is -1.10. The summed E-state index contributed by atoms with van der Waals surface area (Å²) in [5, 5.41) is 19.5. The molecule has 0 spiro atoms. The lowest BCUT2D eigenvalue weighted by Gasteiger charge is -2.48. The molecular weight excluding hydrogens is 390 g/mol. The van der Waals surface area contributed by atoms with E-state index in [1.54, 1.807) is 20.8 Å². The number of benzene rings is 1. The highest BCUT2D eigenvalue weighted by Gasteiger charge is 2.51. The third kappa shape index (κ3) is 3.75. The SMILES string of the molecule is CC(C)(C)N(C(=O)O)C1=N[C@@]2(c3ccc(F)cc3F)CO[C@@H](CO)C[C@H]2CS1. The number of nitrogens with zero attached hydrogens (tertiary/aromatic N) is 2. The Kier molecular flexibility index (Phi) is 5.71. The van der Waals surface area contributed by atoms with Crippen molar-refractivity contribution in [2.24, 2.45) is 10.9 Å². The van der Waals surface area contributed by atoms with E-state index < -0.39 is 34.9 Å². The Balaban J connectivity index is 2.15. The maximum atomic E-state index is 14.7. The van der Waals surface area contributed by atoms with Crippen molar-refractivity contribution in [3.63, 3.8) is 0 Å². The topological polar surface area (TPSA) is 82.4 Å². The molecule has 0 radical (unpaired) electrons. The van der Waals surface area contributed by atoms with Crippen LogP contribution in [0.15, 0.2) is 23.2 Å². The van der Waals surface area contributed by atoms with E-state index in [0.717, 1.165) is 17.0 Å². The van der Waals surface area contributed by atoms with Crippen molar-refractivity contribution in [2.75, 3.05) is 19.0 Å². The van der Waals surface area contributed by atoms with E-state index in [0.29, 0.717) is 12.2 Å². The quantitative estimate of drug-likeness (QED) is 0.775. The molecule has 1 saturated heterocycles. The van der Waals surface area contributed by atoms with Crippen molar-refractivity contribution in [1.82, 2.24) is 4.90 Å². The number of aliphatic hydroxyl groups excluding tert-OH is 1. The largest absolute Gasteiger partial charge is 0.465 e. The molecule has 154 valence electrons. The number of hydrogen-bond acceptors (Lipinski definition) is 5. The minimum absolute atomic E-state index is 0.0207. The van der Waals surface area contributed by atoms with Gasteiger partial charge in [0.25, 0.3) is 0 Å². The second-order valence-electron chi connectivity index (χ2n) is 8.09. The zero-order valence-corrected chi connectivity index (χ0v) is 16.8. The molecule has 0 aliphatic carbocycles. The fraction of sp³-hybridized carbons (Fsp3) is 0.579. The fourth-order valence-corrected chi connectivity index (χ4v) is 5.22. The van der Waals surface area contributed by atoms with Crippen molar-refractivity contribution < 1.29 is 28.5 Å². The van der Waals surface area contributed by atoms with Crippen LogP contribution >= 0.6 is 11.8 Å². The van der Waals surface area contributed by atoms with Crippen molar-refractivity contribution in [1.29, 1.82) is 0 Å². The van der Waals surface area contributed by atoms with E-state index in [4.69, 9.17) is 9.73 Å². The highest BCUT2D eigenvalue weighted by atomic mass is 32.2. The van der Waals surface area contributed by atoms with Gasteiger partial charge in [-0.1, -0.05) is 17.8 Å². The van der Waals surface area contributed by atoms with E-state index in [9.17, 15) is 23.8 Å². The zero-order chi connectivity index (χ0) is 20.7. The molecule has 6 nitrogen and oxygen atoms in total. The summed E-state index contributed by atoms with van der Waals surface area (Å²) < 4.78 is 34.0.